The molecule has 43 heavy (non-hydrogen) atoms. The average molecular weight is 572 g/mol. The van der Waals surface area contributed by atoms with Crippen molar-refractivity contribution in [3.05, 3.63) is 120 Å². The van der Waals surface area contributed by atoms with Gasteiger partial charge in [0.1, 0.15) is 40.9 Å². The molecule has 0 aliphatic rings. The molecular weight excluding hydrogens is 542 g/mol. The minimum absolute atomic E-state index is 0.0189. The van der Waals surface area contributed by atoms with Crippen molar-refractivity contribution in [2.45, 2.75) is 6.61 Å². The van der Waals surface area contributed by atoms with Gasteiger partial charge in [0.2, 0.25) is 0 Å². The van der Waals surface area contributed by atoms with E-state index in [2.05, 4.69) is 0 Å². The molecular formula is C36H29NO6. The quantitative estimate of drug-likeness (QED) is 0.109. The number of hydrogen-bond acceptors (Lipinski definition) is 7. The molecule has 0 amide bonds. The Bertz CT molecular complexity index is 1950. The maximum Gasteiger partial charge on any atom is 0.347 e. The highest BCUT2D eigenvalue weighted by Gasteiger charge is 2.25. The van der Waals surface area contributed by atoms with Gasteiger partial charge in [0.15, 0.2) is 0 Å². The number of aromatic hydroxyl groups is 1. The third kappa shape index (κ3) is 5.36. The van der Waals surface area contributed by atoms with Gasteiger partial charge in [-0.25, -0.2) is 4.79 Å². The molecule has 3 N–H and O–H groups in total. The number of esters is 1. The fourth-order valence-corrected chi connectivity index (χ4v) is 5.21. The molecule has 0 spiro atoms. The lowest BCUT2D eigenvalue weighted by Crippen LogP contribution is -2.10. The Kier molecular flexibility index (Phi) is 7.45. The normalized spacial score (nSPS) is 10.9. The number of rotatable bonds is 8. The van der Waals surface area contributed by atoms with Gasteiger partial charge in [-0.3, -0.25) is 0 Å². The van der Waals surface area contributed by atoms with Gasteiger partial charge in [0, 0.05) is 29.3 Å². The molecule has 0 fully saturated rings. The lowest BCUT2D eigenvalue weighted by molar-refractivity contribution is 0.0731. The molecule has 7 nitrogen and oxygen atoms in total. The summed E-state index contributed by atoms with van der Waals surface area (Å²) in [6.07, 6.45) is 0. The first-order chi connectivity index (χ1) is 21.0. The Morgan fingerprint density at radius 3 is 1.91 bits per heavy atom. The number of phenolic OH excluding ortho intramolecular Hbond substituents is 1. The zero-order chi connectivity index (χ0) is 29.9. The van der Waals surface area contributed by atoms with E-state index in [1.165, 1.54) is 14.2 Å². The van der Waals surface area contributed by atoms with E-state index in [-0.39, 0.29) is 17.1 Å². The first-order valence-corrected chi connectivity index (χ1v) is 13.6. The van der Waals surface area contributed by atoms with Crippen LogP contribution in [0.15, 0.2) is 109 Å². The van der Waals surface area contributed by atoms with Crippen LogP contribution in [-0.2, 0) is 6.61 Å². The van der Waals surface area contributed by atoms with E-state index in [0.717, 1.165) is 27.1 Å². The zero-order valence-corrected chi connectivity index (χ0v) is 23.7. The Labute approximate surface area is 248 Å². The summed E-state index contributed by atoms with van der Waals surface area (Å²) >= 11 is 0. The second-order valence-electron chi connectivity index (χ2n) is 9.97. The van der Waals surface area contributed by atoms with Crippen LogP contribution in [0.5, 0.6) is 28.7 Å². The standard InChI is InChI=1S/C36H29NO6/c1-40-25-18-26(41-2)20-27(19-25)43-36(39)30-16-23-12-6-9-15-29(23)33(35(30)38)32-28-14-8-7-13-24(28)17-31(34(32)37)42-21-22-10-4-3-5-11-22/h3-20,38H,21,37H2,1-2H3. The van der Waals surface area contributed by atoms with Crippen LogP contribution in [0.25, 0.3) is 32.7 Å². The minimum Gasteiger partial charge on any atom is -0.506 e. The molecule has 0 heterocycles. The zero-order valence-electron chi connectivity index (χ0n) is 23.7. The number of benzene rings is 6. The van der Waals surface area contributed by atoms with Crippen molar-refractivity contribution in [3.8, 4) is 39.9 Å². The van der Waals surface area contributed by atoms with Crippen LogP contribution in [0, 0.1) is 0 Å². The molecule has 6 rings (SSSR count). The summed E-state index contributed by atoms with van der Waals surface area (Å²) in [6.45, 7) is 0.311. The molecule has 0 aliphatic heterocycles. The second-order valence-corrected chi connectivity index (χ2v) is 9.97. The van der Waals surface area contributed by atoms with Gasteiger partial charge in [-0.1, -0.05) is 78.9 Å². The topological polar surface area (TPSA) is 100 Å². The maximum absolute atomic E-state index is 13.6. The van der Waals surface area contributed by atoms with E-state index in [1.807, 2.05) is 84.9 Å². The molecule has 7 heteroatoms. The average Bonchev–Trinajstić information content (AvgIpc) is 3.04. The van der Waals surface area contributed by atoms with Crippen LogP contribution in [0.1, 0.15) is 15.9 Å². The number of phenols is 1. The molecule has 6 aromatic carbocycles. The highest BCUT2D eigenvalue weighted by atomic mass is 16.5. The molecule has 214 valence electrons. The molecule has 0 radical (unpaired) electrons. The van der Waals surface area contributed by atoms with Crippen LogP contribution in [0.3, 0.4) is 0 Å². The third-order valence-electron chi connectivity index (χ3n) is 7.32. The van der Waals surface area contributed by atoms with Crippen molar-refractivity contribution in [2.24, 2.45) is 0 Å². The summed E-state index contributed by atoms with van der Waals surface area (Å²) in [6, 6.07) is 33.3. The first-order valence-electron chi connectivity index (χ1n) is 13.6. The molecule has 0 saturated heterocycles. The predicted octanol–water partition coefficient (Wildman–Crippen LogP) is 7.76. The number of methoxy groups -OCH3 is 2. The van der Waals surface area contributed by atoms with E-state index >= 15 is 0 Å². The predicted molar refractivity (Wildman–Crippen MR) is 168 cm³/mol. The van der Waals surface area contributed by atoms with E-state index in [9.17, 15) is 9.90 Å². The minimum atomic E-state index is -0.751. The summed E-state index contributed by atoms with van der Waals surface area (Å²) < 4.78 is 22.6. The van der Waals surface area contributed by atoms with Gasteiger partial charge < -0.3 is 29.8 Å². The van der Waals surface area contributed by atoms with Crippen molar-refractivity contribution in [2.75, 3.05) is 20.0 Å². The number of carbonyl (C=O) groups is 1. The molecule has 0 saturated carbocycles. The summed E-state index contributed by atoms with van der Waals surface area (Å²) in [7, 11) is 3.02. The summed E-state index contributed by atoms with van der Waals surface area (Å²) in [5, 5.41) is 14.9. The molecule has 0 aliphatic carbocycles. The van der Waals surface area contributed by atoms with Crippen LogP contribution in [0.4, 0.5) is 5.69 Å². The van der Waals surface area contributed by atoms with Gasteiger partial charge in [0.25, 0.3) is 0 Å². The lowest BCUT2D eigenvalue weighted by atomic mass is 9.89. The van der Waals surface area contributed by atoms with Gasteiger partial charge in [-0.2, -0.15) is 0 Å². The monoisotopic (exact) mass is 571 g/mol. The SMILES string of the molecule is COc1cc(OC)cc(OC(=O)c2cc3ccccc3c(-c3c(N)c(OCc4ccccc4)cc4ccccc34)c2O)c1. The number of anilines is 1. The van der Waals surface area contributed by atoms with E-state index in [1.54, 1.807) is 24.3 Å². The first kappa shape index (κ1) is 27.5. The number of carbonyl (C=O) groups excluding carboxylic acids is 1. The van der Waals surface area contributed by atoms with Gasteiger partial charge in [-0.05, 0) is 39.2 Å². The third-order valence-corrected chi connectivity index (χ3v) is 7.32. The fraction of sp³-hybridized carbons (Fsp3) is 0.0833. The van der Waals surface area contributed by atoms with Gasteiger partial charge >= 0.3 is 5.97 Å². The Morgan fingerprint density at radius 1 is 0.698 bits per heavy atom. The van der Waals surface area contributed by atoms with Crippen molar-refractivity contribution >= 4 is 33.2 Å². The summed E-state index contributed by atoms with van der Waals surface area (Å²) in [4.78, 5) is 13.6. The van der Waals surface area contributed by atoms with Crippen molar-refractivity contribution in [3.63, 3.8) is 0 Å². The number of nitrogens with two attached hydrogens (primary N) is 1. The number of nitrogen functional groups attached to an aromatic ring is 1. The van der Waals surface area contributed by atoms with Crippen LogP contribution in [-0.4, -0.2) is 25.3 Å². The van der Waals surface area contributed by atoms with Crippen molar-refractivity contribution < 1.29 is 28.8 Å². The van der Waals surface area contributed by atoms with E-state index in [0.29, 0.717) is 40.7 Å². The van der Waals surface area contributed by atoms with Gasteiger partial charge in [-0.15, -0.1) is 0 Å². The molecule has 0 bridgehead atoms. The number of hydrogen-bond donors (Lipinski definition) is 2. The molecule has 0 unspecified atom stereocenters. The highest BCUT2D eigenvalue weighted by molar-refractivity contribution is 6.15. The van der Waals surface area contributed by atoms with Crippen LogP contribution >= 0.6 is 0 Å². The maximum atomic E-state index is 13.6. The fourth-order valence-electron chi connectivity index (χ4n) is 5.21. The second kappa shape index (κ2) is 11.7. The molecule has 0 aromatic heterocycles. The summed E-state index contributed by atoms with van der Waals surface area (Å²) in [5.74, 6) is 0.582. The van der Waals surface area contributed by atoms with Crippen LogP contribution in [0.2, 0.25) is 0 Å². The van der Waals surface area contributed by atoms with E-state index < -0.39 is 5.97 Å². The summed E-state index contributed by atoms with van der Waals surface area (Å²) in [5.41, 5.74) is 9.13. The van der Waals surface area contributed by atoms with Crippen molar-refractivity contribution in [1.29, 1.82) is 0 Å². The number of ether oxygens (including phenoxy) is 4. The van der Waals surface area contributed by atoms with Crippen LogP contribution < -0.4 is 24.7 Å². The molecule has 6 aromatic rings. The molecule has 0 atom stereocenters. The lowest BCUT2D eigenvalue weighted by Gasteiger charge is -2.20. The Hall–Kier alpha value is -5.69. The Morgan fingerprint density at radius 2 is 1.26 bits per heavy atom. The Balaban J connectivity index is 1.52. The van der Waals surface area contributed by atoms with Crippen molar-refractivity contribution in [1.82, 2.24) is 0 Å². The number of fused-ring (bicyclic) bond motifs is 2. The van der Waals surface area contributed by atoms with E-state index in [4.69, 9.17) is 24.7 Å². The smallest absolute Gasteiger partial charge is 0.347 e. The van der Waals surface area contributed by atoms with Gasteiger partial charge in [0.05, 0.1) is 19.9 Å². The largest absolute Gasteiger partial charge is 0.506 e. The highest BCUT2D eigenvalue weighted by Crippen LogP contribution is 2.48.